The first-order valence-corrected chi connectivity index (χ1v) is 7.05. The number of aromatic nitrogens is 5. The van der Waals surface area contributed by atoms with Gasteiger partial charge in [0.1, 0.15) is 0 Å². The van der Waals surface area contributed by atoms with Crippen LogP contribution in [0.3, 0.4) is 0 Å². The molecule has 3 rings (SSSR count). The number of hydrogen-bond acceptors (Lipinski definition) is 6. The van der Waals surface area contributed by atoms with Gasteiger partial charge in [0.05, 0.1) is 19.3 Å². The molecule has 2 amide bonds. The molecule has 9 nitrogen and oxygen atoms in total. The molecule has 1 N–H and O–H groups in total. The lowest BCUT2D eigenvalue weighted by molar-refractivity contribution is 0.174. The summed E-state index contributed by atoms with van der Waals surface area (Å²) >= 11 is 0. The van der Waals surface area contributed by atoms with Gasteiger partial charge in [0.15, 0.2) is 5.82 Å². The Kier molecular flexibility index (Phi) is 4.12. The number of carbonyl (C=O) groups is 1. The smallest absolute Gasteiger partial charge is 0.323 e. The van der Waals surface area contributed by atoms with E-state index in [0.717, 1.165) is 12.8 Å². The quantitative estimate of drug-likeness (QED) is 0.906. The van der Waals surface area contributed by atoms with Crippen molar-refractivity contribution in [2.75, 3.05) is 25.5 Å². The molecule has 1 fully saturated rings. The molecule has 22 heavy (non-hydrogen) atoms. The van der Waals surface area contributed by atoms with Gasteiger partial charge in [0.25, 0.3) is 0 Å². The monoisotopic (exact) mass is 303 g/mol. The number of piperidine rings is 1. The molecular formula is C13H17N7O2. The molecule has 0 aromatic carbocycles. The van der Waals surface area contributed by atoms with E-state index >= 15 is 0 Å². The average molecular weight is 303 g/mol. The number of amides is 2. The molecule has 116 valence electrons. The fourth-order valence-corrected chi connectivity index (χ4v) is 2.45. The van der Waals surface area contributed by atoms with Gasteiger partial charge in [-0.05, 0) is 18.9 Å². The second kappa shape index (κ2) is 6.37. The van der Waals surface area contributed by atoms with E-state index in [1.165, 1.54) is 7.11 Å². The van der Waals surface area contributed by atoms with E-state index in [0.29, 0.717) is 24.8 Å². The second-order valence-electron chi connectivity index (χ2n) is 5.02. The highest BCUT2D eigenvalue weighted by atomic mass is 16.5. The number of urea groups is 1. The van der Waals surface area contributed by atoms with Gasteiger partial charge in [-0.15, -0.1) is 15.3 Å². The average Bonchev–Trinajstić information content (AvgIpc) is 3.10. The summed E-state index contributed by atoms with van der Waals surface area (Å²) in [7, 11) is 1.51. The van der Waals surface area contributed by atoms with Crippen LogP contribution in [0.5, 0.6) is 5.88 Å². The maximum atomic E-state index is 12.3. The molecule has 1 saturated heterocycles. The van der Waals surface area contributed by atoms with Gasteiger partial charge in [0, 0.05) is 25.4 Å². The molecule has 0 spiro atoms. The van der Waals surface area contributed by atoms with Crippen molar-refractivity contribution in [1.82, 2.24) is 30.1 Å². The lowest BCUT2D eigenvalue weighted by Gasteiger charge is -2.32. The third kappa shape index (κ3) is 3.13. The van der Waals surface area contributed by atoms with Gasteiger partial charge in [-0.2, -0.15) is 0 Å². The SMILES string of the molecule is COc1ccc(NC(=O)N2CCCC(n3ccnn3)C2)nn1. The molecule has 1 atom stereocenters. The van der Waals surface area contributed by atoms with E-state index in [-0.39, 0.29) is 12.1 Å². The van der Waals surface area contributed by atoms with Gasteiger partial charge in [-0.25, -0.2) is 9.48 Å². The minimum absolute atomic E-state index is 0.156. The lowest BCUT2D eigenvalue weighted by atomic mass is 10.1. The first-order chi connectivity index (χ1) is 10.8. The first-order valence-electron chi connectivity index (χ1n) is 7.05. The van der Waals surface area contributed by atoms with E-state index in [2.05, 4.69) is 25.8 Å². The summed E-state index contributed by atoms with van der Waals surface area (Å²) in [6, 6.07) is 3.27. The summed E-state index contributed by atoms with van der Waals surface area (Å²) in [5.41, 5.74) is 0. The Bertz CT molecular complexity index is 614. The van der Waals surface area contributed by atoms with Crippen LogP contribution in [0.15, 0.2) is 24.5 Å². The van der Waals surface area contributed by atoms with Gasteiger partial charge in [-0.1, -0.05) is 5.21 Å². The van der Waals surface area contributed by atoms with Gasteiger partial charge >= 0.3 is 6.03 Å². The van der Waals surface area contributed by atoms with E-state index in [1.54, 1.807) is 27.9 Å². The summed E-state index contributed by atoms with van der Waals surface area (Å²) in [4.78, 5) is 14.1. The highest BCUT2D eigenvalue weighted by Crippen LogP contribution is 2.21. The van der Waals surface area contributed by atoms with Crippen molar-refractivity contribution in [2.24, 2.45) is 0 Å². The second-order valence-corrected chi connectivity index (χ2v) is 5.02. The molecule has 0 radical (unpaired) electrons. The van der Waals surface area contributed by atoms with E-state index in [1.807, 2.05) is 6.20 Å². The first kappa shape index (κ1) is 14.2. The molecule has 0 bridgehead atoms. The van der Waals surface area contributed by atoms with Crippen LogP contribution in [0.4, 0.5) is 10.6 Å². The van der Waals surface area contributed by atoms with Crippen molar-refractivity contribution in [1.29, 1.82) is 0 Å². The molecule has 1 aliphatic rings. The number of hydrogen-bond donors (Lipinski definition) is 1. The Hall–Kier alpha value is -2.71. The third-order valence-corrected chi connectivity index (χ3v) is 3.58. The third-order valence-electron chi connectivity index (χ3n) is 3.58. The number of nitrogens with one attached hydrogen (secondary N) is 1. The van der Waals surface area contributed by atoms with Crippen LogP contribution in [-0.2, 0) is 0 Å². The van der Waals surface area contributed by atoms with Crippen molar-refractivity contribution in [3.05, 3.63) is 24.5 Å². The molecule has 1 aliphatic heterocycles. The predicted octanol–water partition coefficient (Wildman–Crippen LogP) is 0.946. The predicted molar refractivity (Wildman–Crippen MR) is 77.5 cm³/mol. The summed E-state index contributed by atoms with van der Waals surface area (Å²) in [6.45, 7) is 1.30. The minimum atomic E-state index is -0.190. The fourth-order valence-electron chi connectivity index (χ4n) is 2.45. The number of anilines is 1. The van der Waals surface area contributed by atoms with E-state index in [4.69, 9.17) is 4.74 Å². The number of likely N-dealkylation sites (tertiary alicyclic amines) is 1. The minimum Gasteiger partial charge on any atom is -0.480 e. The fraction of sp³-hybridized carbons (Fsp3) is 0.462. The molecule has 0 aliphatic carbocycles. The molecule has 1 unspecified atom stereocenters. The number of methoxy groups -OCH3 is 1. The molecular weight excluding hydrogens is 286 g/mol. The van der Waals surface area contributed by atoms with Gasteiger partial charge < -0.3 is 9.64 Å². The normalized spacial score (nSPS) is 18.0. The Morgan fingerprint density at radius 3 is 3.00 bits per heavy atom. The zero-order valence-corrected chi connectivity index (χ0v) is 12.2. The van der Waals surface area contributed by atoms with E-state index < -0.39 is 0 Å². The van der Waals surface area contributed by atoms with Gasteiger partial charge in [0.2, 0.25) is 5.88 Å². The highest BCUT2D eigenvalue weighted by Gasteiger charge is 2.25. The van der Waals surface area contributed by atoms with Crippen molar-refractivity contribution in [2.45, 2.75) is 18.9 Å². The van der Waals surface area contributed by atoms with Crippen LogP contribution in [0.2, 0.25) is 0 Å². The summed E-state index contributed by atoms with van der Waals surface area (Å²) in [5, 5.41) is 18.3. The van der Waals surface area contributed by atoms with Crippen molar-refractivity contribution >= 4 is 11.8 Å². The zero-order chi connectivity index (χ0) is 15.4. The molecule has 2 aromatic heterocycles. The van der Waals surface area contributed by atoms with Crippen LogP contribution in [0, 0.1) is 0 Å². The molecule has 3 heterocycles. The maximum absolute atomic E-state index is 12.3. The Labute approximate surface area is 127 Å². The van der Waals surface area contributed by atoms with Crippen molar-refractivity contribution in [3.8, 4) is 5.88 Å². The Balaban J connectivity index is 1.61. The summed E-state index contributed by atoms with van der Waals surface area (Å²) in [5.74, 6) is 0.802. The standard InChI is InChI=1S/C13H17N7O2/c1-22-12-5-4-11(16-17-12)15-13(21)19-7-2-3-10(9-19)20-8-6-14-18-20/h4-6,8,10H,2-3,7,9H2,1H3,(H,15,16,21). The topological polar surface area (TPSA) is 98.1 Å². The van der Waals surface area contributed by atoms with Gasteiger partial charge in [-0.3, -0.25) is 5.32 Å². The van der Waals surface area contributed by atoms with Crippen LogP contribution in [0.25, 0.3) is 0 Å². The number of carbonyl (C=O) groups excluding carboxylic acids is 1. The molecule has 9 heteroatoms. The zero-order valence-electron chi connectivity index (χ0n) is 12.2. The number of rotatable bonds is 3. The largest absolute Gasteiger partial charge is 0.480 e. The number of nitrogens with zero attached hydrogens (tertiary/aromatic N) is 6. The van der Waals surface area contributed by atoms with E-state index in [9.17, 15) is 4.79 Å². The number of ether oxygens (including phenoxy) is 1. The highest BCUT2D eigenvalue weighted by molar-refractivity contribution is 5.88. The molecule has 2 aromatic rings. The van der Waals surface area contributed by atoms with Crippen LogP contribution >= 0.6 is 0 Å². The van der Waals surface area contributed by atoms with Crippen LogP contribution in [-0.4, -0.2) is 56.3 Å². The van der Waals surface area contributed by atoms with Crippen molar-refractivity contribution in [3.63, 3.8) is 0 Å². The Morgan fingerprint density at radius 2 is 2.32 bits per heavy atom. The van der Waals surface area contributed by atoms with Crippen LogP contribution in [0.1, 0.15) is 18.9 Å². The lowest BCUT2D eigenvalue weighted by Crippen LogP contribution is -2.43. The summed E-state index contributed by atoms with van der Waals surface area (Å²) in [6.07, 6.45) is 5.37. The van der Waals surface area contributed by atoms with Crippen molar-refractivity contribution < 1.29 is 9.53 Å². The summed E-state index contributed by atoms with van der Waals surface area (Å²) < 4.78 is 6.73. The van der Waals surface area contributed by atoms with Crippen LogP contribution < -0.4 is 10.1 Å². The Morgan fingerprint density at radius 1 is 1.41 bits per heavy atom. The molecule has 0 saturated carbocycles. The maximum Gasteiger partial charge on any atom is 0.323 e.